The number of carbonyl (C=O) groups is 6. The minimum atomic E-state index is -0.794. The van der Waals surface area contributed by atoms with Gasteiger partial charge in [0, 0.05) is 124 Å². The Bertz CT molecular complexity index is 3180. The summed E-state index contributed by atoms with van der Waals surface area (Å²) in [5.74, 6) is 0. The summed E-state index contributed by atoms with van der Waals surface area (Å²) in [5.41, 5.74) is -0.586. The molecule has 0 radical (unpaired) electrons. The molecule has 0 atom stereocenters. The Morgan fingerprint density at radius 3 is 0.938 bits per heavy atom. The lowest BCUT2D eigenvalue weighted by molar-refractivity contribution is 0.00436. The first-order valence-corrected chi connectivity index (χ1v) is 34.4. The van der Waals surface area contributed by atoms with E-state index in [1.54, 1.807) is 61.1 Å². The van der Waals surface area contributed by atoms with Crippen LogP contribution in [0.1, 0.15) is 160 Å². The maximum absolute atomic E-state index is 14.1. The molecule has 2 saturated heterocycles. The Kier molecular flexibility index (Phi) is 25.6. The minimum absolute atomic E-state index is 0.119. The summed E-state index contributed by atoms with van der Waals surface area (Å²) < 4.78 is 42.2. The molecule has 0 saturated carbocycles. The van der Waals surface area contributed by atoms with Crippen molar-refractivity contribution in [1.82, 2.24) is 39.2 Å². The molecule has 6 amide bonds. The molecular weight excluding hydrogens is 1220 g/mol. The zero-order valence-corrected chi connectivity index (χ0v) is 61.1. The van der Waals surface area contributed by atoms with Gasteiger partial charge in [-0.2, -0.15) is 0 Å². The van der Waals surface area contributed by atoms with Crippen molar-refractivity contribution in [1.29, 1.82) is 0 Å². The number of hydrogen-bond donors (Lipinski definition) is 0. The van der Waals surface area contributed by atoms with Crippen molar-refractivity contribution in [3.05, 3.63) is 95.1 Å². The van der Waals surface area contributed by atoms with Gasteiger partial charge in [-0.3, -0.25) is 9.80 Å². The zero-order chi connectivity index (χ0) is 70.6. The molecule has 7 rings (SSSR count). The van der Waals surface area contributed by atoms with Gasteiger partial charge in [0.25, 0.3) is 0 Å². The third-order valence-electron chi connectivity index (χ3n) is 16.0. The number of benzene rings is 5. The van der Waals surface area contributed by atoms with Crippen LogP contribution in [0.15, 0.2) is 72.8 Å². The third-order valence-corrected chi connectivity index (χ3v) is 16.0. The molecular formula is C75H112N8O13. The molecule has 0 spiro atoms. The van der Waals surface area contributed by atoms with Gasteiger partial charge < -0.3 is 62.6 Å². The van der Waals surface area contributed by atoms with Crippen molar-refractivity contribution in [3.63, 3.8) is 0 Å². The molecule has 21 nitrogen and oxygen atoms in total. The SMILES string of the molecule is CC(C)(C)OC(=O)N1CCN(Cc2cc(COCCCCc3ccc4ccc5cccc6ccc3c4c56)cc(CN3CCN(C(=O)OC(C)(C)C)CCN(C(=O)OC(C)(C)C)CCN(C(=O)OC(C)(C)C)CC3)c2)CCN(C(=O)OC(C)(C)C)CCN(C(=O)OC(C)(C)C)CC1. The van der Waals surface area contributed by atoms with Crippen LogP contribution < -0.4 is 0 Å². The molecule has 96 heavy (non-hydrogen) atoms. The topological polar surface area (TPSA) is 193 Å². The number of hydrogen-bond acceptors (Lipinski definition) is 15. The van der Waals surface area contributed by atoms with Gasteiger partial charge >= 0.3 is 36.6 Å². The van der Waals surface area contributed by atoms with Crippen molar-refractivity contribution in [3.8, 4) is 0 Å². The molecule has 0 aromatic heterocycles. The van der Waals surface area contributed by atoms with Gasteiger partial charge in [0.2, 0.25) is 0 Å². The lowest BCUT2D eigenvalue weighted by Crippen LogP contribution is -2.51. The number of rotatable bonds is 11. The standard InChI is InChI=1S/C75H112N8O13/c1-70(2,3)91-64(84)78-35-31-76(32-36-79(65(85)92-71(4,5)6)40-44-82(43-39-78)68(88)95-74(13,14)15)51-54-48-55(50-56(49-54)53-90-47-20-19-22-57-25-26-60-28-27-58-23-21-24-59-29-30-61(57)63(60)62(58)59)52-77-33-37-80(66(86)93-72(7,8)9)41-45-83(69(89)96-75(16,17)18)46-42-81(38-34-77)67(87)94-73(10,11)12/h21,23-30,48-50H,19-20,22,31-47,51-53H2,1-18H3. The first-order chi connectivity index (χ1) is 44.7. The number of nitrogens with zero attached hydrogens (tertiary/aromatic N) is 8. The van der Waals surface area contributed by atoms with E-state index in [9.17, 15) is 28.8 Å². The fraction of sp³-hybridized carbons (Fsp3) is 0.627. The van der Waals surface area contributed by atoms with Crippen LogP contribution >= 0.6 is 0 Å². The second kappa shape index (κ2) is 32.3. The highest BCUT2D eigenvalue weighted by atomic mass is 16.6. The Labute approximate surface area is 571 Å². The van der Waals surface area contributed by atoms with Crippen LogP contribution in [0.3, 0.4) is 0 Å². The number of aryl methyl sites for hydroxylation is 1. The van der Waals surface area contributed by atoms with Crippen LogP contribution in [0.25, 0.3) is 32.3 Å². The fourth-order valence-corrected chi connectivity index (χ4v) is 11.6. The predicted molar refractivity (Wildman–Crippen MR) is 377 cm³/mol. The number of amides is 6. The number of ether oxygens (including phenoxy) is 7. The summed E-state index contributed by atoms with van der Waals surface area (Å²) in [7, 11) is 0. The van der Waals surface area contributed by atoms with Crippen LogP contribution in [-0.4, -0.2) is 221 Å². The summed E-state index contributed by atoms with van der Waals surface area (Å²) in [4.78, 5) is 98.2. The van der Waals surface area contributed by atoms with Crippen molar-refractivity contribution >= 4 is 68.9 Å². The molecule has 5 aromatic rings. The normalized spacial score (nSPS) is 16.6. The second-order valence-electron chi connectivity index (χ2n) is 31.6. The van der Waals surface area contributed by atoms with Crippen LogP contribution in [0.2, 0.25) is 0 Å². The van der Waals surface area contributed by atoms with Crippen LogP contribution in [0, 0.1) is 0 Å². The first-order valence-electron chi connectivity index (χ1n) is 34.4. The van der Waals surface area contributed by atoms with Crippen molar-refractivity contribution in [2.24, 2.45) is 0 Å². The Hall–Kier alpha value is -7.36. The van der Waals surface area contributed by atoms with E-state index < -0.39 is 70.2 Å². The highest BCUT2D eigenvalue weighted by molar-refractivity contribution is 6.23. The van der Waals surface area contributed by atoms with E-state index in [-0.39, 0.29) is 78.5 Å². The number of carbonyl (C=O) groups excluding carboxylic acids is 6. The summed E-state index contributed by atoms with van der Waals surface area (Å²) in [6, 6.07) is 26.4. The third kappa shape index (κ3) is 24.6. The molecule has 2 aliphatic rings. The van der Waals surface area contributed by atoms with Crippen molar-refractivity contribution < 1.29 is 61.9 Å². The molecule has 2 aliphatic heterocycles. The Morgan fingerprint density at radius 2 is 0.615 bits per heavy atom. The maximum atomic E-state index is 14.1. The largest absolute Gasteiger partial charge is 0.444 e. The van der Waals surface area contributed by atoms with Crippen molar-refractivity contribution in [2.75, 3.05) is 111 Å². The predicted octanol–water partition coefficient (Wildman–Crippen LogP) is 14.2. The lowest BCUT2D eigenvalue weighted by atomic mass is 9.91. The summed E-state index contributed by atoms with van der Waals surface area (Å²) in [6.45, 7) is 37.8. The van der Waals surface area contributed by atoms with Gasteiger partial charge in [-0.1, -0.05) is 72.8 Å². The van der Waals surface area contributed by atoms with Crippen LogP contribution in [-0.2, 0) is 59.3 Å². The molecule has 0 aliphatic carbocycles. The highest BCUT2D eigenvalue weighted by Crippen LogP contribution is 2.36. The quantitative estimate of drug-likeness (QED) is 0.0688. The summed E-state index contributed by atoms with van der Waals surface area (Å²) in [5, 5.41) is 7.64. The highest BCUT2D eigenvalue weighted by Gasteiger charge is 2.33. The van der Waals surface area contributed by atoms with Gasteiger partial charge in [-0.25, -0.2) is 28.8 Å². The fourth-order valence-electron chi connectivity index (χ4n) is 11.6. The molecule has 0 unspecified atom stereocenters. The molecule has 2 fully saturated rings. The van der Waals surface area contributed by atoms with E-state index in [2.05, 4.69) is 82.6 Å². The molecule has 0 N–H and O–H groups in total. The monoisotopic (exact) mass is 1330 g/mol. The van der Waals surface area contributed by atoms with Crippen LogP contribution in [0.5, 0.6) is 0 Å². The molecule has 0 bridgehead atoms. The molecule has 2 heterocycles. The van der Waals surface area contributed by atoms with E-state index in [4.69, 9.17) is 33.2 Å². The van der Waals surface area contributed by atoms with E-state index in [1.807, 2.05) is 83.1 Å². The van der Waals surface area contributed by atoms with E-state index in [0.29, 0.717) is 52.5 Å². The first kappa shape index (κ1) is 76.0. The zero-order valence-electron chi connectivity index (χ0n) is 61.1. The lowest BCUT2D eigenvalue weighted by Gasteiger charge is -2.36. The summed E-state index contributed by atoms with van der Waals surface area (Å²) in [6.07, 6.45) is -0.513. The van der Waals surface area contributed by atoms with Gasteiger partial charge in [0.15, 0.2) is 0 Å². The van der Waals surface area contributed by atoms with Gasteiger partial charge in [-0.05, 0) is 198 Å². The van der Waals surface area contributed by atoms with E-state index in [1.165, 1.54) is 47.7 Å². The Morgan fingerprint density at radius 1 is 0.333 bits per heavy atom. The maximum Gasteiger partial charge on any atom is 0.410 e. The van der Waals surface area contributed by atoms with E-state index in [0.717, 1.165) is 36.0 Å². The van der Waals surface area contributed by atoms with Gasteiger partial charge in [0.1, 0.15) is 33.6 Å². The molecule has 21 heteroatoms. The smallest absolute Gasteiger partial charge is 0.410 e. The van der Waals surface area contributed by atoms with Gasteiger partial charge in [0.05, 0.1) is 6.61 Å². The second-order valence-corrected chi connectivity index (χ2v) is 31.6. The average molecular weight is 1330 g/mol. The van der Waals surface area contributed by atoms with E-state index >= 15 is 0 Å². The molecule has 530 valence electrons. The van der Waals surface area contributed by atoms with Crippen LogP contribution in [0.4, 0.5) is 28.8 Å². The molecule has 5 aromatic carbocycles. The Balaban J connectivity index is 1.21. The van der Waals surface area contributed by atoms with Gasteiger partial charge in [-0.15, -0.1) is 0 Å². The summed E-state index contributed by atoms with van der Waals surface area (Å²) >= 11 is 0. The van der Waals surface area contributed by atoms with Crippen molar-refractivity contribution in [2.45, 2.75) is 197 Å². The minimum Gasteiger partial charge on any atom is -0.444 e. The number of unbranched alkanes of at least 4 members (excludes halogenated alkanes) is 1. The average Bonchev–Trinajstić information content (AvgIpc) is 0.743.